The van der Waals surface area contributed by atoms with Crippen molar-refractivity contribution in [3.05, 3.63) is 71.6 Å². The molecule has 1 saturated heterocycles. The van der Waals surface area contributed by atoms with E-state index in [4.69, 9.17) is 4.42 Å². The van der Waals surface area contributed by atoms with Crippen molar-refractivity contribution in [3.8, 4) is 11.6 Å². The Kier molecular flexibility index (Phi) is 4.12. The standard InChI is InChI=1S/C23H20N4O2/c1-14-6-5-9-20(15(14)2)27-13-17(12-21(27)28)22-25-26-23(29-22)19-11-10-16-7-3-4-8-18(16)24-19/h3-11,17H,12-13H2,1-2H3. The van der Waals surface area contributed by atoms with E-state index in [0.717, 1.165) is 22.2 Å². The van der Waals surface area contributed by atoms with Gasteiger partial charge in [0.2, 0.25) is 11.8 Å². The van der Waals surface area contributed by atoms with E-state index in [2.05, 4.69) is 28.2 Å². The van der Waals surface area contributed by atoms with Crippen LogP contribution in [-0.4, -0.2) is 27.6 Å². The van der Waals surface area contributed by atoms with E-state index >= 15 is 0 Å². The van der Waals surface area contributed by atoms with Crippen molar-refractivity contribution in [1.82, 2.24) is 15.2 Å². The summed E-state index contributed by atoms with van der Waals surface area (Å²) in [4.78, 5) is 19.1. The van der Waals surface area contributed by atoms with Gasteiger partial charge in [0.1, 0.15) is 5.69 Å². The third-order valence-corrected chi connectivity index (χ3v) is 5.60. The van der Waals surface area contributed by atoms with Crippen LogP contribution in [0.2, 0.25) is 0 Å². The zero-order chi connectivity index (χ0) is 20.0. The first-order valence-corrected chi connectivity index (χ1v) is 9.66. The number of hydrogen-bond donors (Lipinski definition) is 0. The Morgan fingerprint density at radius 1 is 1.00 bits per heavy atom. The van der Waals surface area contributed by atoms with Crippen molar-refractivity contribution in [1.29, 1.82) is 0 Å². The van der Waals surface area contributed by atoms with E-state index < -0.39 is 0 Å². The molecule has 1 atom stereocenters. The number of benzene rings is 2. The number of pyridine rings is 1. The predicted octanol–water partition coefficient (Wildman–Crippen LogP) is 4.42. The lowest BCUT2D eigenvalue weighted by atomic mass is 10.1. The molecule has 5 rings (SSSR count). The molecule has 0 saturated carbocycles. The minimum atomic E-state index is -0.121. The maximum Gasteiger partial charge on any atom is 0.266 e. The Balaban J connectivity index is 1.42. The van der Waals surface area contributed by atoms with E-state index in [-0.39, 0.29) is 11.8 Å². The summed E-state index contributed by atoms with van der Waals surface area (Å²) in [5.41, 5.74) is 4.75. The molecule has 29 heavy (non-hydrogen) atoms. The van der Waals surface area contributed by atoms with Gasteiger partial charge in [-0.15, -0.1) is 10.2 Å². The number of aryl methyl sites for hydroxylation is 1. The number of para-hydroxylation sites is 1. The van der Waals surface area contributed by atoms with Crippen molar-refractivity contribution >= 4 is 22.5 Å². The van der Waals surface area contributed by atoms with Crippen LogP contribution in [0.1, 0.15) is 29.4 Å². The van der Waals surface area contributed by atoms with Crippen molar-refractivity contribution < 1.29 is 9.21 Å². The lowest BCUT2D eigenvalue weighted by molar-refractivity contribution is -0.117. The number of carbonyl (C=O) groups is 1. The molecular formula is C23H20N4O2. The molecule has 0 radical (unpaired) electrons. The van der Waals surface area contributed by atoms with Crippen molar-refractivity contribution in [2.75, 3.05) is 11.4 Å². The highest BCUT2D eigenvalue weighted by Crippen LogP contribution is 2.34. The molecule has 1 amide bonds. The molecule has 4 aromatic rings. The van der Waals surface area contributed by atoms with E-state index in [9.17, 15) is 4.79 Å². The van der Waals surface area contributed by atoms with Gasteiger partial charge in [-0.1, -0.05) is 36.4 Å². The Labute approximate surface area is 168 Å². The van der Waals surface area contributed by atoms with E-state index in [0.29, 0.717) is 30.4 Å². The summed E-state index contributed by atoms with van der Waals surface area (Å²) < 4.78 is 5.93. The topological polar surface area (TPSA) is 72.1 Å². The summed E-state index contributed by atoms with van der Waals surface area (Å²) in [6.45, 7) is 4.63. The molecule has 3 heterocycles. The molecule has 1 aliphatic rings. The van der Waals surface area contributed by atoms with Crippen LogP contribution >= 0.6 is 0 Å². The van der Waals surface area contributed by atoms with Crippen molar-refractivity contribution in [2.24, 2.45) is 0 Å². The van der Waals surface area contributed by atoms with Gasteiger partial charge in [-0.25, -0.2) is 4.98 Å². The SMILES string of the molecule is Cc1cccc(N2CC(c3nnc(-c4ccc5ccccc5n4)o3)CC2=O)c1C. The molecule has 6 nitrogen and oxygen atoms in total. The molecule has 1 aliphatic heterocycles. The molecule has 0 N–H and O–H groups in total. The fourth-order valence-electron chi connectivity index (χ4n) is 3.82. The van der Waals surface area contributed by atoms with Gasteiger partial charge in [0.25, 0.3) is 5.89 Å². The zero-order valence-electron chi connectivity index (χ0n) is 16.3. The van der Waals surface area contributed by atoms with Gasteiger partial charge in [-0.05, 0) is 43.2 Å². The van der Waals surface area contributed by atoms with E-state index in [1.54, 1.807) is 0 Å². The molecule has 0 aliphatic carbocycles. The maximum atomic E-state index is 12.7. The summed E-state index contributed by atoms with van der Waals surface area (Å²) in [7, 11) is 0. The van der Waals surface area contributed by atoms with Crippen LogP contribution in [0.4, 0.5) is 5.69 Å². The number of rotatable bonds is 3. The van der Waals surface area contributed by atoms with E-state index in [1.165, 1.54) is 5.56 Å². The number of fused-ring (bicyclic) bond motifs is 1. The molecule has 0 spiro atoms. The second kappa shape index (κ2) is 6.81. The fraction of sp³-hybridized carbons (Fsp3) is 0.217. The Bertz CT molecular complexity index is 1230. The summed E-state index contributed by atoms with van der Waals surface area (Å²) in [6.07, 6.45) is 0.361. The Hall–Kier alpha value is -3.54. The highest BCUT2D eigenvalue weighted by Gasteiger charge is 2.35. The van der Waals surface area contributed by atoms with Crippen LogP contribution < -0.4 is 4.90 Å². The third kappa shape index (κ3) is 3.06. The van der Waals surface area contributed by atoms with Gasteiger partial charge in [0, 0.05) is 24.0 Å². The minimum absolute atomic E-state index is 0.0762. The van der Waals surface area contributed by atoms with Gasteiger partial charge in [-0.2, -0.15) is 0 Å². The highest BCUT2D eigenvalue weighted by molar-refractivity contribution is 5.97. The summed E-state index contributed by atoms with van der Waals surface area (Å²) in [5, 5.41) is 9.46. The molecule has 6 heteroatoms. The predicted molar refractivity (Wildman–Crippen MR) is 111 cm³/mol. The number of aromatic nitrogens is 3. The minimum Gasteiger partial charge on any atom is -0.419 e. The normalized spacial score (nSPS) is 16.7. The van der Waals surface area contributed by atoms with Crippen LogP contribution in [-0.2, 0) is 4.79 Å². The Morgan fingerprint density at radius 3 is 2.76 bits per heavy atom. The summed E-state index contributed by atoms with van der Waals surface area (Å²) >= 11 is 0. The summed E-state index contributed by atoms with van der Waals surface area (Å²) in [6, 6.07) is 17.8. The molecule has 1 unspecified atom stereocenters. The Morgan fingerprint density at radius 2 is 1.86 bits per heavy atom. The zero-order valence-corrected chi connectivity index (χ0v) is 16.3. The van der Waals surface area contributed by atoms with Gasteiger partial charge in [0.05, 0.1) is 11.4 Å². The van der Waals surface area contributed by atoms with Crippen LogP contribution in [0.25, 0.3) is 22.5 Å². The second-order valence-electron chi connectivity index (χ2n) is 7.46. The number of amides is 1. The van der Waals surface area contributed by atoms with Crippen LogP contribution in [0.15, 0.2) is 59.0 Å². The van der Waals surface area contributed by atoms with Crippen LogP contribution in [0.3, 0.4) is 0 Å². The smallest absolute Gasteiger partial charge is 0.266 e. The molecule has 2 aromatic carbocycles. The van der Waals surface area contributed by atoms with Gasteiger partial charge in [-0.3, -0.25) is 4.79 Å². The molecule has 144 valence electrons. The number of carbonyl (C=O) groups excluding carboxylic acids is 1. The van der Waals surface area contributed by atoms with Gasteiger partial charge < -0.3 is 9.32 Å². The largest absolute Gasteiger partial charge is 0.419 e. The molecule has 1 fully saturated rings. The van der Waals surface area contributed by atoms with Gasteiger partial charge in [0.15, 0.2) is 0 Å². The van der Waals surface area contributed by atoms with Crippen LogP contribution in [0, 0.1) is 13.8 Å². The molecule has 0 bridgehead atoms. The molecular weight excluding hydrogens is 364 g/mol. The lowest BCUT2D eigenvalue weighted by Crippen LogP contribution is -2.25. The molecule has 2 aromatic heterocycles. The van der Waals surface area contributed by atoms with Crippen LogP contribution in [0.5, 0.6) is 0 Å². The van der Waals surface area contributed by atoms with Gasteiger partial charge >= 0.3 is 0 Å². The third-order valence-electron chi connectivity index (χ3n) is 5.60. The number of anilines is 1. The first-order chi connectivity index (χ1) is 14.1. The summed E-state index contributed by atoms with van der Waals surface area (Å²) in [5.74, 6) is 0.816. The quantitative estimate of drug-likeness (QED) is 0.523. The van der Waals surface area contributed by atoms with Crippen molar-refractivity contribution in [3.63, 3.8) is 0 Å². The first-order valence-electron chi connectivity index (χ1n) is 9.66. The first kappa shape index (κ1) is 17.6. The average Bonchev–Trinajstić information content (AvgIpc) is 3.37. The second-order valence-corrected chi connectivity index (χ2v) is 7.46. The number of nitrogens with zero attached hydrogens (tertiary/aromatic N) is 4. The monoisotopic (exact) mass is 384 g/mol. The van der Waals surface area contributed by atoms with E-state index in [1.807, 2.05) is 60.4 Å². The number of hydrogen-bond acceptors (Lipinski definition) is 5. The van der Waals surface area contributed by atoms with Crippen molar-refractivity contribution in [2.45, 2.75) is 26.2 Å². The maximum absolute atomic E-state index is 12.7. The average molecular weight is 384 g/mol. The lowest BCUT2D eigenvalue weighted by Gasteiger charge is -2.19. The fourth-order valence-corrected chi connectivity index (χ4v) is 3.82. The highest BCUT2D eigenvalue weighted by atomic mass is 16.4.